The summed E-state index contributed by atoms with van der Waals surface area (Å²) < 4.78 is 39.0. The van der Waals surface area contributed by atoms with Crippen molar-refractivity contribution in [1.29, 1.82) is 0 Å². The molecule has 3 aromatic carbocycles. The fourth-order valence-electron chi connectivity index (χ4n) is 3.24. The maximum absolute atomic E-state index is 13.0. The molecule has 0 fully saturated rings. The van der Waals surface area contributed by atoms with Crippen molar-refractivity contribution in [3.05, 3.63) is 83.4 Å². The van der Waals surface area contributed by atoms with Crippen molar-refractivity contribution < 1.29 is 22.7 Å². The lowest BCUT2D eigenvalue weighted by atomic mass is 10.1. The van der Waals surface area contributed by atoms with Gasteiger partial charge in [-0.1, -0.05) is 18.2 Å². The zero-order chi connectivity index (χ0) is 23.8. The smallest absolute Gasteiger partial charge is 0.262 e. The molecular weight excluding hydrogens is 440 g/mol. The lowest BCUT2D eigenvalue weighted by Gasteiger charge is -2.13. The number of ether oxygens (including phenoxy) is 2. The summed E-state index contributed by atoms with van der Waals surface area (Å²) in [5.74, 6) is 1.10. The van der Waals surface area contributed by atoms with E-state index in [1.165, 1.54) is 6.07 Å². The molecule has 0 aliphatic heterocycles. The van der Waals surface area contributed by atoms with Crippen molar-refractivity contribution in [2.24, 2.45) is 0 Å². The Bertz CT molecular complexity index is 1190. The molecule has 0 aliphatic carbocycles. The van der Waals surface area contributed by atoms with Gasteiger partial charge in [0.15, 0.2) is 0 Å². The molecule has 2 N–H and O–H groups in total. The Balaban J connectivity index is 1.67. The highest BCUT2D eigenvalue weighted by molar-refractivity contribution is 7.92. The summed E-state index contributed by atoms with van der Waals surface area (Å²) in [6, 6.07) is 18.9. The fraction of sp³-hybridized carbons (Fsp3) is 0.240. The number of hydrogen-bond acceptors (Lipinski definition) is 5. The molecule has 0 aliphatic rings. The van der Waals surface area contributed by atoms with Crippen LogP contribution in [0.15, 0.2) is 71.6 Å². The monoisotopic (exact) mass is 468 g/mol. The summed E-state index contributed by atoms with van der Waals surface area (Å²) >= 11 is 0. The Morgan fingerprint density at radius 2 is 1.61 bits per heavy atom. The molecule has 7 nitrogen and oxygen atoms in total. The predicted molar refractivity (Wildman–Crippen MR) is 129 cm³/mol. The van der Waals surface area contributed by atoms with Gasteiger partial charge in [-0.3, -0.25) is 9.52 Å². The van der Waals surface area contributed by atoms with E-state index in [0.29, 0.717) is 36.6 Å². The van der Waals surface area contributed by atoms with Gasteiger partial charge in [-0.2, -0.15) is 0 Å². The van der Waals surface area contributed by atoms with E-state index in [4.69, 9.17) is 9.47 Å². The Morgan fingerprint density at radius 1 is 0.939 bits per heavy atom. The molecule has 0 heterocycles. The molecule has 0 aromatic heterocycles. The number of carbonyl (C=O) groups excluding carboxylic acids is 1. The maximum atomic E-state index is 13.0. The molecule has 0 radical (unpaired) electrons. The van der Waals surface area contributed by atoms with Crippen LogP contribution in [0.5, 0.6) is 11.5 Å². The fourth-order valence-corrected chi connectivity index (χ4v) is 4.57. The normalized spacial score (nSPS) is 11.0. The number of nitrogens with one attached hydrogen (secondary N) is 2. The van der Waals surface area contributed by atoms with E-state index < -0.39 is 10.0 Å². The Hall–Kier alpha value is -3.52. The van der Waals surface area contributed by atoms with Crippen molar-refractivity contribution in [3.63, 3.8) is 0 Å². The molecule has 0 spiro atoms. The number of hydrogen-bond donors (Lipinski definition) is 2. The van der Waals surface area contributed by atoms with Crippen LogP contribution < -0.4 is 19.5 Å². The van der Waals surface area contributed by atoms with E-state index in [1.807, 2.05) is 31.2 Å². The summed E-state index contributed by atoms with van der Waals surface area (Å²) in [4.78, 5) is 12.7. The van der Waals surface area contributed by atoms with Crippen LogP contribution in [-0.2, 0) is 16.4 Å². The second kappa shape index (κ2) is 10.9. The molecule has 3 rings (SSSR count). The number of benzene rings is 3. The highest BCUT2D eigenvalue weighted by Gasteiger charge is 2.19. The molecular formula is C25H28N2O5S. The van der Waals surface area contributed by atoms with Gasteiger partial charge in [-0.15, -0.1) is 0 Å². The van der Waals surface area contributed by atoms with Crippen LogP contribution in [0, 0.1) is 6.92 Å². The average Bonchev–Trinajstić information content (AvgIpc) is 2.81. The summed E-state index contributed by atoms with van der Waals surface area (Å²) in [5, 5.41) is 2.84. The van der Waals surface area contributed by atoms with Crippen molar-refractivity contribution in [3.8, 4) is 11.5 Å². The van der Waals surface area contributed by atoms with Gasteiger partial charge in [0.05, 0.1) is 18.6 Å². The highest BCUT2D eigenvalue weighted by Crippen LogP contribution is 2.23. The standard InChI is InChI=1S/C25H28N2O5S/c1-4-32-23-13-9-21(10-14-23)27-33(29,30)24-17-20(8-5-18(24)2)25(28)26-16-15-19-6-11-22(31-3)12-7-19/h5-14,17,27H,4,15-16H2,1-3H3,(H,26,28). The first-order valence-electron chi connectivity index (χ1n) is 10.6. The van der Waals surface area contributed by atoms with Crippen molar-refractivity contribution in [2.45, 2.75) is 25.2 Å². The van der Waals surface area contributed by atoms with Crippen LogP contribution >= 0.6 is 0 Å². The molecule has 0 atom stereocenters. The van der Waals surface area contributed by atoms with Gasteiger partial charge in [0, 0.05) is 17.8 Å². The van der Waals surface area contributed by atoms with E-state index in [-0.39, 0.29) is 16.4 Å². The zero-order valence-electron chi connectivity index (χ0n) is 18.9. The molecule has 1 amide bonds. The molecule has 8 heteroatoms. The van der Waals surface area contributed by atoms with E-state index in [2.05, 4.69) is 10.0 Å². The van der Waals surface area contributed by atoms with Gasteiger partial charge < -0.3 is 14.8 Å². The predicted octanol–water partition coefficient (Wildman–Crippen LogP) is 4.18. The number of aryl methyl sites for hydroxylation is 1. The lowest BCUT2D eigenvalue weighted by molar-refractivity contribution is 0.0954. The van der Waals surface area contributed by atoms with E-state index in [0.717, 1.165) is 11.3 Å². The van der Waals surface area contributed by atoms with Crippen LogP contribution in [0.1, 0.15) is 28.4 Å². The van der Waals surface area contributed by atoms with Gasteiger partial charge in [0.25, 0.3) is 15.9 Å². The van der Waals surface area contributed by atoms with Gasteiger partial charge in [-0.25, -0.2) is 8.42 Å². The van der Waals surface area contributed by atoms with Crippen LogP contribution in [0.25, 0.3) is 0 Å². The minimum atomic E-state index is -3.88. The third-order valence-electron chi connectivity index (χ3n) is 5.02. The van der Waals surface area contributed by atoms with E-state index in [1.54, 1.807) is 50.4 Å². The SMILES string of the molecule is CCOc1ccc(NS(=O)(=O)c2cc(C(=O)NCCc3ccc(OC)cc3)ccc2C)cc1. The van der Waals surface area contributed by atoms with Gasteiger partial charge in [-0.05, 0) is 79.9 Å². The number of methoxy groups -OCH3 is 1. The highest BCUT2D eigenvalue weighted by atomic mass is 32.2. The largest absolute Gasteiger partial charge is 0.497 e. The number of carbonyl (C=O) groups is 1. The molecule has 174 valence electrons. The molecule has 0 bridgehead atoms. The summed E-state index contributed by atoms with van der Waals surface area (Å²) in [6.07, 6.45) is 0.645. The van der Waals surface area contributed by atoms with Crippen LogP contribution in [-0.4, -0.2) is 34.6 Å². The zero-order valence-corrected chi connectivity index (χ0v) is 19.7. The van der Waals surface area contributed by atoms with Crippen LogP contribution in [0.2, 0.25) is 0 Å². The first-order valence-corrected chi connectivity index (χ1v) is 12.1. The van der Waals surface area contributed by atoms with Gasteiger partial charge in [0.1, 0.15) is 11.5 Å². The third kappa shape index (κ3) is 6.49. The van der Waals surface area contributed by atoms with Crippen LogP contribution in [0.4, 0.5) is 5.69 Å². The average molecular weight is 469 g/mol. The van der Waals surface area contributed by atoms with Crippen LogP contribution in [0.3, 0.4) is 0 Å². The molecule has 33 heavy (non-hydrogen) atoms. The van der Waals surface area contributed by atoms with Gasteiger partial charge in [0.2, 0.25) is 0 Å². The molecule has 0 unspecified atom stereocenters. The summed E-state index contributed by atoms with van der Waals surface area (Å²) in [5.41, 5.74) is 2.29. The lowest BCUT2D eigenvalue weighted by Crippen LogP contribution is -2.26. The second-order valence-electron chi connectivity index (χ2n) is 7.40. The minimum absolute atomic E-state index is 0.0548. The van der Waals surface area contributed by atoms with Gasteiger partial charge >= 0.3 is 0 Å². The number of sulfonamides is 1. The topological polar surface area (TPSA) is 93.7 Å². The van der Waals surface area contributed by atoms with E-state index in [9.17, 15) is 13.2 Å². The minimum Gasteiger partial charge on any atom is -0.497 e. The molecule has 0 saturated heterocycles. The van der Waals surface area contributed by atoms with Crippen molar-refractivity contribution in [1.82, 2.24) is 5.32 Å². The molecule has 3 aromatic rings. The summed E-state index contributed by atoms with van der Waals surface area (Å²) in [6.45, 7) is 4.52. The molecule has 0 saturated carbocycles. The van der Waals surface area contributed by atoms with E-state index >= 15 is 0 Å². The maximum Gasteiger partial charge on any atom is 0.262 e. The third-order valence-corrected chi connectivity index (χ3v) is 6.54. The van der Waals surface area contributed by atoms with Crippen molar-refractivity contribution in [2.75, 3.05) is 25.0 Å². The second-order valence-corrected chi connectivity index (χ2v) is 9.05. The van der Waals surface area contributed by atoms with Crippen molar-refractivity contribution >= 4 is 21.6 Å². The number of rotatable bonds is 10. The Kier molecular flexibility index (Phi) is 7.95. The Morgan fingerprint density at radius 3 is 2.24 bits per heavy atom. The number of amides is 1. The first kappa shape index (κ1) is 24.1. The quantitative estimate of drug-likeness (QED) is 0.466. The first-order chi connectivity index (χ1) is 15.8. The summed E-state index contributed by atoms with van der Waals surface area (Å²) in [7, 11) is -2.27. The Labute approximate surface area is 194 Å². The number of anilines is 1.